The summed E-state index contributed by atoms with van der Waals surface area (Å²) in [5.74, 6) is -0.692. The van der Waals surface area contributed by atoms with Crippen LogP contribution in [0.1, 0.15) is 17.4 Å². The van der Waals surface area contributed by atoms with E-state index < -0.39 is 11.5 Å². The molecule has 0 aliphatic rings. The fourth-order valence-electron chi connectivity index (χ4n) is 1.63. The first-order chi connectivity index (χ1) is 8.54. The molecule has 94 valence electrons. The lowest BCUT2D eigenvalue weighted by atomic mass is 10.3. The number of fused-ring (bicyclic) bond motifs is 1. The Morgan fingerprint density at radius 2 is 2.22 bits per heavy atom. The van der Waals surface area contributed by atoms with Crippen LogP contribution in [-0.2, 0) is 11.8 Å². The molecule has 0 spiro atoms. The Morgan fingerprint density at radius 3 is 2.89 bits per heavy atom. The zero-order chi connectivity index (χ0) is 13.3. The van der Waals surface area contributed by atoms with Gasteiger partial charge in [0.2, 0.25) is 5.69 Å². The average molecular weight is 311 g/mol. The molecule has 0 N–H and O–H groups in total. The van der Waals surface area contributed by atoms with E-state index in [-0.39, 0.29) is 12.3 Å². The summed E-state index contributed by atoms with van der Waals surface area (Å²) in [4.78, 5) is 27.7. The minimum Gasteiger partial charge on any atom is -0.461 e. The van der Waals surface area contributed by atoms with E-state index in [2.05, 4.69) is 20.9 Å². The molecule has 0 aliphatic heterocycles. The van der Waals surface area contributed by atoms with Crippen molar-refractivity contribution in [2.45, 2.75) is 6.92 Å². The molecule has 0 atom stereocenters. The SMILES string of the molecule is CCOC(=O)c1nc2ccc(Br)cc2n(C)c1=O. The lowest BCUT2D eigenvalue weighted by Crippen LogP contribution is -2.27. The predicted molar refractivity (Wildman–Crippen MR) is 70.6 cm³/mol. The topological polar surface area (TPSA) is 61.2 Å². The Labute approximate surface area is 112 Å². The third kappa shape index (κ3) is 2.15. The van der Waals surface area contributed by atoms with E-state index in [9.17, 15) is 9.59 Å². The van der Waals surface area contributed by atoms with Crippen molar-refractivity contribution in [1.29, 1.82) is 0 Å². The molecular weight excluding hydrogens is 300 g/mol. The van der Waals surface area contributed by atoms with Crippen LogP contribution < -0.4 is 5.56 Å². The van der Waals surface area contributed by atoms with Gasteiger partial charge < -0.3 is 9.30 Å². The van der Waals surface area contributed by atoms with Crippen molar-refractivity contribution in [2.75, 3.05) is 6.61 Å². The Bertz CT molecular complexity index is 679. The molecule has 1 aromatic heterocycles. The van der Waals surface area contributed by atoms with Gasteiger partial charge in [-0.15, -0.1) is 0 Å². The first kappa shape index (κ1) is 12.8. The van der Waals surface area contributed by atoms with Crippen LogP contribution in [0.2, 0.25) is 0 Å². The first-order valence-corrected chi connectivity index (χ1v) is 6.17. The van der Waals surface area contributed by atoms with Crippen LogP contribution in [0.3, 0.4) is 0 Å². The third-order valence-corrected chi connectivity index (χ3v) is 3.00. The zero-order valence-corrected chi connectivity index (χ0v) is 11.5. The van der Waals surface area contributed by atoms with Crippen molar-refractivity contribution in [2.24, 2.45) is 7.05 Å². The van der Waals surface area contributed by atoms with Gasteiger partial charge in [0.15, 0.2) is 0 Å². The summed E-state index contributed by atoms with van der Waals surface area (Å²) in [5.41, 5.74) is 0.582. The van der Waals surface area contributed by atoms with E-state index in [4.69, 9.17) is 4.74 Å². The summed E-state index contributed by atoms with van der Waals surface area (Å²) in [5, 5.41) is 0. The zero-order valence-electron chi connectivity index (χ0n) is 9.94. The van der Waals surface area contributed by atoms with Crippen LogP contribution >= 0.6 is 15.9 Å². The number of hydrogen-bond acceptors (Lipinski definition) is 4. The van der Waals surface area contributed by atoms with Crippen LogP contribution in [0.15, 0.2) is 27.5 Å². The molecule has 5 nitrogen and oxygen atoms in total. The van der Waals surface area contributed by atoms with E-state index in [1.54, 1.807) is 32.2 Å². The van der Waals surface area contributed by atoms with Gasteiger partial charge in [-0.25, -0.2) is 9.78 Å². The summed E-state index contributed by atoms with van der Waals surface area (Å²) >= 11 is 3.33. The van der Waals surface area contributed by atoms with E-state index in [1.165, 1.54) is 4.57 Å². The third-order valence-electron chi connectivity index (χ3n) is 2.51. The molecule has 0 unspecified atom stereocenters. The fourth-order valence-corrected chi connectivity index (χ4v) is 1.98. The lowest BCUT2D eigenvalue weighted by molar-refractivity contribution is 0.0517. The molecule has 2 aromatic rings. The predicted octanol–water partition coefficient (Wildman–Crippen LogP) is 1.87. The first-order valence-electron chi connectivity index (χ1n) is 5.38. The second-order valence-corrected chi connectivity index (χ2v) is 4.59. The monoisotopic (exact) mass is 310 g/mol. The van der Waals surface area contributed by atoms with Crippen molar-refractivity contribution >= 4 is 32.9 Å². The lowest BCUT2D eigenvalue weighted by Gasteiger charge is -2.07. The summed E-state index contributed by atoms with van der Waals surface area (Å²) in [6.45, 7) is 1.89. The highest BCUT2D eigenvalue weighted by Crippen LogP contribution is 2.16. The molecule has 0 saturated heterocycles. The van der Waals surface area contributed by atoms with E-state index in [0.717, 1.165) is 4.47 Å². The van der Waals surface area contributed by atoms with Gasteiger partial charge in [-0.2, -0.15) is 0 Å². The summed E-state index contributed by atoms with van der Waals surface area (Å²) < 4.78 is 7.04. The number of aromatic nitrogens is 2. The van der Waals surface area contributed by atoms with Crippen molar-refractivity contribution in [3.05, 3.63) is 38.7 Å². The standard InChI is InChI=1S/C12H11BrN2O3/c1-3-18-12(17)10-11(16)15(2)9-6-7(13)4-5-8(9)14-10/h4-6H,3H2,1-2H3. The maximum Gasteiger partial charge on any atom is 0.362 e. The van der Waals surface area contributed by atoms with Gasteiger partial charge in [0.1, 0.15) is 0 Å². The van der Waals surface area contributed by atoms with Gasteiger partial charge in [-0.1, -0.05) is 15.9 Å². The second-order valence-electron chi connectivity index (χ2n) is 3.68. The highest BCUT2D eigenvalue weighted by Gasteiger charge is 2.17. The molecule has 0 fully saturated rings. The molecule has 0 aliphatic carbocycles. The molecule has 0 amide bonds. The molecule has 6 heteroatoms. The normalized spacial score (nSPS) is 10.6. The number of benzene rings is 1. The number of halogens is 1. The highest BCUT2D eigenvalue weighted by molar-refractivity contribution is 9.10. The molecule has 1 aromatic carbocycles. The maximum atomic E-state index is 12.0. The van der Waals surface area contributed by atoms with Crippen LogP contribution in [0, 0.1) is 0 Å². The largest absolute Gasteiger partial charge is 0.461 e. The molecule has 18 heavy (non-hydrogen) atoms. The van der Waals surface area contributed by atoms with Gasteiger partial charge in [-0.05, 0) is 25.1 Å². The Hall–Kier alpha value is -1.69. The summed E-state index contributed by atoms with van der Waals surface area (Å²) in [6, 6.07) is 5.31. The molecule has 1 heterocycles. The highest BCUT2D eigenvalue weighted by atomic mass is 79.9. The van der Waals surface area contributed by atoms with Crippen LogP contribution in [0.5, 0.6) is 0 Å². The van der Waals surface area contributed by atoms with E-state index in [0.29, 0.717) is 11.0 Å². The molecular formula is C12H11BrN2O3. The molecule has 0 saturated carbocycles. The minimum absolute atomic E-state index is 0.186. The smallest absolute Gasteiger partial charge is 0.362 e. The number of nitrogens with zero attached hydrogens (tertiary/aromatic N) is 2. The van der Waals surface area contributed by atoms with E-state index in [1.807, 2.05) is 0 Å². The minimum atomic E-state index is -0.692. The Balaban J connectivity index is 2.72. The second kappa shape index (κ2) is 4.89. The van der Waals surface area contributed by atoms with Crippen LogP contribution in [0.25, 0.3) is 11.0 Å². The quantitative estimate of drug-likeness (QED) is 0.795. The van der Waals surface area contributed by atoms with Crippen LogP contribution in [-0.4, -0.2) is 22.1 Å². The molecule has 0 bridgehead atoms. The number of rotatable bonds is 2. The van der Waals surface area contributed by atoms with Gasteiger partial charge in [-0.3, -0.25) is 4.79 Å². The molecule has 2 rings (SSSR count). The van der Waals surface area contributed by atoms with E-state index >= 15 is 0 Å². The van der Waals surface area contributed by atoms with Gasteiger partial charge in [0.05, 0.1) is 17.6 Å². The average Bonchev–Trinajstić information content (AvgIpc) is 2.34. The van der Waals surface area contributed by atoms with Gasteiger partial charge in [0.25, 0.3) is 5.56 Å². The van der Waals surface area contributed by atoms with Gasteiger partial charge >= 0.3 is 5.97 Å². The van der Waals surface area contributed by atoms with Crippen molar-refractivity contribution < 1.29 is 9.53 Å². The van der Waals surface area contributed by atoms with Crippen molar-refractivity contribution in [3.8, 4) is 0 Å². The summed E-state index contributed by atoms with van der Waals surface area (Å²) in [6.07, 6.45) is 0. The van der Waals surface area contributed by atoms with Gasteiger partial charge in [0, 0.05) is 11.5 Å². The number of carbonyl (C=O) groups is 1. The van der Waals surface area contributed by atoms with Crippen LogP contribution in [0.4, 0.5) is 0 Å². The molecule has 0 radical (unpaired) electrons. The summed E-state index contributed by atoms with van der Waals surface area (Å²) in [7, 11) is 1.60. The number of aryl methyl sites for hydroxylation is 1. The number of esters is 1. The van der Waals surface area contributed by atoms with Crippen molar-refractivity contribution in [3.63, 3.8) is 0 Å². The Kier molecular flexibility index (Phi) is 3.47. The Morgan fingerprint density at radius 1 is 1.50 bits per heavy atom. The number of hydrogen-bond donors (Lipinski definition) is 0. The number of carbonyl (C=O) groups excluding carboxylic acids is 1. The maximum absolute atomic E-state index is 12.0. The fraction of sp³-hybridized carbons (Fsp3) is 0.250. The van der Waals surface area contributed by atoms with Crippen molar-refractivity contribution in [1.82, 2.24) is 9.55 Å². The number of ether oxygens (including phenoxy) is 1.